The third-order valence-corrected chi connectivity index (χ3v) is 4.64. The monoisotopic (exact) mass is 306 g/mol. The molecule has 1 N–H and O–H groups in total. The predicted molar refractivity (Wildman–Crippen MR) is 87.1 cm³/mol. The van der Waals surface area contributed by atoms with Crippen molar-refractivity contribution in [3.05, 3.63) is 24.3 Å². The fourth-order valence-electron chi connectivity index (χ4n) is 3.32. The van der Waals surface area contributed by atoms with Crippen molar-refractivity contribution < 1.29 is 14.7 Å². The number of benzene rings is 1. The molecular weight excluding hydrogens is 280 g/mol. The van der Waals surface area contributed by atoms with Crippen LogP contribution in [0.25, 0.3) is 0 Å². The molecule has 2 atom stereocenters. The number of ether oxygens (including phenoxy) is 2. The molecule has 2 unspecified atom stereocenters. The highest BCUT2D eigenvalue weighted by molar-refractivity contribution is 5.85. The minimum atomic E-state index is 0.657. The van der Waals surface area contributed by atoms with Gasteiger partial charge in [-0.3, -0.25) is 0 Å². The average molecular weight is 306 g/mol. The normalized spacial score (nSPS) is 26.0. The van der Waals surface area contributed by atoms with E-state index in [-0.39, 0.29) is 0 Å². The van der Waals surface area contributed by atoms with Crippen LogP contribution in [-0.4, -0.2) is 49.7 Å². The van der Waals surface area contributed by atoms with Crippen LogP contribution in [-0.2, 0) is 0 Å². The summed E-state index contributed by atoms with van der Waals surface area (Å²) in [7, 11) is 5.42. The molecular formula is C17H26N2O3. The Balaban J connectivity index is 0.000000164. The first-order valence-electron chi connectivity index (χ1n) is 7.76. The standard InChI is InChI=1S/C9H16N2O.C8H10O2/c1-11-5-4-7-2-3-8(10-12)6-9(7)11;1-9-7-5-3-4-6-8(7)10-2/h7,9,12H,2-6H2,1H3;3-6H,1-2H3/b10-8+;. The van der Waals surface area contributed by atoms with Crippen LogP contribution in [0.2, 0.25) is 0 Å². The van der Waals surface area contributed by atoms with Crippen molar-refractivity contribution in [3.8, 4) is 11.5 Å². The highest BCUT2D eigenvalue weighted by Gasteiger charge is 2.35. The number of nitrogens with zero attached hydrogens (tertiary/aromatic N) is 2. The highest BCUT2D eigenvalue weighted by Crippen LogP contribution is 2.33. The molecule has 0 aromatic heterocycles. The number of rotatable bonds is 2. The van der Waals surface area contributed by atoms with Crippen LogP contribution in [0.3, 0.4) is 0 Å². The molecule has 0 radical (unpaired) electrons. The summed E-state index contributed by atoms with van der Waals surface area (Å²) in [6.45, 7) is 1.22. The Hall–Kier alpha value is -1.75. The van der Waals surface area contributed by atoms with Crippen LogP contribution < -0.4 is 9.47 Å². The summed E-state index contributed by atoms with van der Waals surface area (Å²) in [6.07, 6.45) is 4.54. The number of likely N-dealkylation sites (tertiary alicyclic amines) is 1. The molecule has 1 saturated carbocycles. The number of para-hydroxylation sites is 2. The Morgan fingerprint density at radius 1 is 1.14 bits per heavy atom. The third-order valence-electron chi connectivity index (χ3n) is 4.64. The van der Waals surface area contributed by atoms with E-state index in [0.717, 1.165) is 36.0 Å². The van der Waals surface area contributed by atoms with Gasteiger partial charge in [0.15, 0.2) is 11.5 Å². The van der Waals surface area contributed by atoms with E-state index in [1.807, 2.05) is 24.3 Å². The molecule has 0 bridgehead atoms. The van der Waals surface area contributed by atoms with Gasteiger partial charge in [0.1, 0.15) is 0 Å². The molecule has 2 fully saturated rings. The van der Waals surface area contributed by atoms with Crippen LogP contribution in [0.5, 0.6) is 11.5 Å². The highest BCUT2D eigenvalue weighted by atomic mass is 16.5. The van der Waals surface area contributed by atoms with Crippen LogP contribution in [0.15, 0.2) is 29.4 Å². The van der Waals surface area contributed by atoms with E-state index in [1.54, 1.807) is 14.2 Å². The zero-order valence-corrected chi connectivity index (χ0v) is 13.7. The van der Waals surface area contributed by atoms with Gasteiger partial charge < -0.3 is 19.6 Å². The van der Waals surface area contributed by atoms with Crippen molar-refractivity contribution in [2.45, 2.75) is 31.7 Å². The first-order valence-corrected chi connectivity index (χ1v) is 7.76. The fraction of sp³-hybridized carbons (Fsp3) is 0.588. The maximum atomic E-state index is 8.67. The van der Waals surface area contributed by atoms with Gasteiger partial charge in [0, 0.05) is 12.5 Å². The largest absolute Gasteiger partial charge is 0.493 e. The zero-order valence-electron chi connectivity index (χ0n) is 13.7. The molecule has 3 rings (SSSR count). The topological polar surface area (TPSA) is 54.3 Å². The number of oxime groups is 1. The van der Waals surface area contributed by atoms with E-state index < -0.39 is 0 Å². The Morgan fingerprint density at radius 2 is 1.77 bits per heavy atom. The minimum Gasteiger partial charge on any atom is -0.493 e. The van der Waals surface area contributed by atoms with Gasteiger partial charge in [-0.1, -0.05) is 17.3 Å². The molecule has 1 aromatic carbocycles. The fourth-order valence-corrected chi connectivity index (χ4v) is 3.32. The molecule has 5 heteroatoms. The van der Waals surface area contributed by atoms with Crippen LogP contribution >= 0.6 is 0 Å². The van der Waals surface area contributed by atoms with Gasteiger partial charge in [0.25, 0.3) is 0 Å². The summed E-state index contributed by atoms with van der Waals surface area (Å²) in [5.74, 6) is 2.40. The average Bonchev–Trinajstić information content (AvgIpc) is 2.95. The van der Waals surface area contributed by atoms with Gasteiger partial charge in [-0.15, -0.1) is 0 Å². The van der Waals surface area contributed by atoms with Crippen molar-refractivity contribution in [1.82, 2.24) is 4.90 Å². The lowest BCUT2D eigenvalue weighted by Gasteiger charge is -2.29. The van der Waals surface area contributed by atoms with Crippen molar-refractivity contribution in [2.75, 3.05) is 27.8 Å². The molecule has 122 valence electrons. The Morgan fingerprint density at radius 3 is 2.32 bits per heavy atom. The van der Waals surface area contributed by atoms with Crippen molar-refractivity contribution in [1.29, 1.82) is 0 Å². The summed E-state index contributed by atoms with van der Waals surface area (Å²) >= 11 is 0. The van der Waals surface area contributed by atoms with Gasteiger partial charge in [-0.2, -0.15) is 0 Å². The van der Waals surface area contributed by atoms with Crippen molar-refractivity contribution in [2.24, 2.45) is 11.1 Å². The molecule has 1 aromatic rings. The quantitative estimate of drug-likeness (QED) is 0.674. The van der Waals surface area contributed by atoms with Crippen molar-refractivity contribution >= 4 is 5.71 Å². The summed E-state index contributed by atoms with van der Waals surface area (Å²) in [4.78, 5) is 2.40. The smallest absolute Gasteiger partial charge is 0.160 e. The van der Waals surface area contributed by atoms with Gasteiger partial charge >= 0.3 is 0 Å². The lowest BCUT2D eigenvalue weighted by atomic mass is 9.84. The summed E-state index contributed by atoms with van der Waals surface area (Å²) < 4.78 is 10.0. The zero-order chi connectivity index (χ0) is 15.9. The number of hydrogen-bond acceptors (Lipinski definition) is 5. The van der Waals surface area contributed by atoms with Gasteiger partial charge in [-0.05, 0) is 50.9 Å². The Bertz CT molecular complexity index is 481. The van der Waals surface area contributed by atoms with E-state index in [1.165, 1.54) is 19.4 Å². The SMILES string of the molecule is CN1CCC2CC/C(=N\O)CC21.COc1ccccc1OC. The second-order valence-corrected chi connectivity index (χ2v) is 5.86. The number of hydrogen-bond donors (Lipinski definition) is 1. The van der Waals surface area contributed by atoms with Crippen LogP contribution in [0.1, 0.15) is 25.7 Å². The third kappa shape index (κ3) is 3.91. The van der Waals surface area contributed by atoms with E-state index in [9.17, 15) is 0 Å². The summed E-state index contributed by atoms with van der Waals surface area (Å²) in [5.41, 5.74) is 0.991. The lowest BCUT2D eigenvalue weighted by Crippen LogP contribution is -2.35. The van der Waals surface area contributed by atoms with Gasteiger partial charge in [0.05, 0.1) is 19.9 Å². The van der Waals surface area contributed by atoms with E-state index in [2.05, 4.69) is 17.1 Å². The van der Waals surface area contributed by atoms with Crippen LogP contribution in [0, 0.1) is 5.92 Å². The summed E-state index contributed by atoms with van der Waals surface area (Å²) in [6, 6.07) is 8.19. The molecule has 22 heavy (non-hydrogen) atoms. The molecule has 1 aliphatic carbocycles. The molecule has 5 nitrogen and oxygen atoms in total. The number of methoxy groups -OCH3 is 2. The van der Waals surface area contributed by atoms with Crippen molar-refractivity contribution in [3.63, 3.8) is 0 Å². The lowest BCUT2D eigenvalue weighted by molar-refractivity contribution is 0.251. The van der Waals surface area contributed by atoms with Crippen LogP contribution in [0.4, 0.5) is 0 Å². The van der Waals surface area contributed by atoms with E-state index >= 15 is 0 Å². The molecule has 1 saturated heterocycles. The first kappa shape index (κ1) is 16.6. The Labute approximate surface area is 132 Å². The molecule has 1 heterocycles. The number of fused-ring (bicyclic) bond motifs is 1. The second kappa shape index (κ2) is 8.03. The second-order valence-electron chi connectivity index (χ2n) is 5.86. The maximum absolute atomic E-state index is 8.67. The molecule has 0 spiro atoms. The summed E-state index contributed by atoms with van der Waals surface area (Å²) in [5, 5.41) is 12.0. The Kier molecular flexibility index (Phi) is 6.07. The first-order chi connectivity index (χ1) is 10.7. The van der Waals surface area contributed by atoms with E-state index in [4.69, 9.17) is 14.7 Å². The maximum Gasteiger partial charge on any atom is 0.160 e. The van der Waals surface area contributed by atoms with Gasteiger partial charge in [-0.25, -0.2) is 0 Å². The predicted octanol–water partition coefficient (Wildman–Crippen LogP) is 3.02. The molecule has 2 aliphatic rings. The minimum absolute atomic E-state index is 0.657. The molecule has 1 aliphatic heterocycles. The molecule has 0 amide bonds. The van der Waals surface area contributed by atoms with E-state index in [0.29, 0.717) is 6.04 Å². The van der Waals surface area contributed by atoms with Gasteiger partial charge in [0.2, 0.25) is 0 Å².